The quantitative estimate of drug-likeness (QED) is 0.358. The van der Waals surface area contributed by atoms with Crippen LogP contribution in [0.5, 0.6) is 0 Å². The molecule has 1 atom stereocenters. The van der Waals surface area contributed by atoms with Gasteiger partial charge in [0.15, 0.2) is 0 Å². The summed E-state index contributed by atoms with van der Waals surface area (Å²) in [6.45, 7) is 5.25. The van der Waals surface area contributed by atoms with Crippen molar-refractivity contribution in [1.29, 1.82) is 5.41 Å². The van der Waals surface area contributed by atoms with Crippen LogP contribution in [0.3, 0.4) is 0 Å². The van der Waals surface area contributed by atoms with E-state index in [1.807, 2.05) is 0 Å². The number of carbonyl (C=O) groups is 1. The van der Waals surface area contributed by atoms with E-state index in [-0.39, 0.29) is 24.8 Å². The highest BCUT2D eigenvalue weighted by atomic mass is 16.5. The predicted octanol–water partition coefficient (Wildman–Crippen LogP) is 0.473. The van der Waals surface area contributed by atoms with Crippen LogP contribution < -0.4 is 5.73 Å². The number of esters is 1. The Morgan fingerprint density at radius 1 is 1.83 bits per heavy atom. The van der Waals surface area contributed by atoms with Crippen LogP contribution in [-0.2, 0) is 9.53 Å². The lowest BCUT2D eigenvalue weighted by Crippen LogP contribution is -2.25. The molecule has 12 heavy (non-hydrogen) atoms. The van der Waals surface area contributed by atoms with Crippen molar-refractivity contribution in [2.24, 2.45) is 5.73 Å². The number of nitrogens with one attached hydrogen (secondary N) is 1. The van der Waals surface area contributed by atoms with Crippen molar-refractivity contribution in [3.8, 4) is 0 Å². The molecule has 0 saturated heterocycles. The van der Waals surface area contributed by atoms with Crippen LogP contribution in [0.2, 0.25) is 0 Å². The first-order chi connectivity index (χ1) is 5.57. The van der Waals surface area contributed by atoms with Gasteiger partial charge in [0, 0.05) is 12.5 Å². The second-order valence-corrected chi connectivity index (χ2v) is 2.55. The van der Waals surface area contributed by atoms with Gasteiger partial charge in [-0.05, 0) is 6.92 Å². The number of hydrogen-bond donors (Lipinski definition) is 2. The van der Waals surface area contributed by atoms with Crippen molar-refractivity contribution in [2.45, 2.75) is 19.4 Å². The molecule has 68 valence electrons. The van der Waals surface area contributed by atoms with E-state index in [1.165, 1.54) is 6.08 Å². The van der Waals surface area contributed by atoms with Gasteiger partial charge in [0.25, 0.3) is 0 Å². The smallest absolute Gasteiger partial charge is 0.352 e. The first-order valence-electron chi connectivity index (χ1n) is 3.69. The molecule has 0 radical (unpaired) electrons. The molecule has 0 rings (SSSR count). The highest BCUT2D eigenvalue weighted by Crippen LogP contribution is 1.92. The third-order valence-corrected chi connectivity index (χ3v) is 1.10. The topological polar surface area (TPSA) is 76.2 Å². The lowest BCUT2D eigenvalue weighted by Gasteiger charge is -2.05. The summed E-state index contributed by atoms with van der Waals surface area (Å²) < 4.78 is 4.62. The Morgan fingerprint density at radius 2 is 2.42 bits per heavy atom. The van der Waals surface area contributed by atoms with E-state index >= 15 is 0 Å². The van der Waals surface area contributed by atoms with E-state index < -0.39 is 5.97 Å². The lowest BCUT2D eigenvalue weighted by molar-refractivity contribution is -0.134. The fraction of sp³-hybridized carbons (Fsp3) is 0.500. The Bertz CT molecular complexity index is 187. The van der Waals surface area contributed by atoms with Gasteiger partial charge in [-0.25, -0.2) is 4.79 Å². The van der Waals surface area contributed by atoms with Gasteiger partial charge in [-0.15, -0.1) is 0 Å². The van der Waals surface area contributed by atoms with Crippen molar-refractivity contribution in [3.63, 3.8) is 0 Å². The molecule has 0 aromatic heterocycles. The van der Waals surface area contributed by atoms with Crippen LogP contribution in [-0.4, -0.2) is 24.3 Å². The van der Waals surface area contributed by atoms with Crippen molar-refractivity contribution < 1.29 is 9.53 Å². The van der Waals surface area contributed by atoms with Crippen molar-refractivity contribution in [1.82, 2.24) is 0 Å². The Hall–Kier alpha value is -1.16. The van der Waals surface area contributed by atoms with Crippen LogP contribution >= 0.6 is 0 Å². The van der Waals surface area contributed by atoms with Crippen LogP contribution in [0.25, 0.3) is 0 Å². The summed E-state index contributed by atoms with van der Waals surface area (Å²) in [7, 11) is 0. The molecule has 0 fully saturated rings. The van der Waals surface area contributed by atoms with E-state index in [0.29, 0.717) is 0 Å². The zero-order valence-electron chi connectivity index (χ0n) is 7.17. The summed E-state index contributed by atoms with van der Waals surface area (Å²) in [5.41, 5.74) is 5.30. The third kappa shape index (κ3) is 4.62. The van der Waals surface area contributed by atoms with Gasteiger partial charge in [0.05, 0.1) is 0 Å². The summed E-state index contributed by atoms with van der Waals surface area (Å²) >= 11 is 0. The maximum absolute atomic E-state index is 10.9. The molecular weight excluding hydrogens is 156 g/mol. The summed E-state index contributed by atoms with van der Waals surface area (Å²) in [5.74, 6) is -0.618. The zero-order chi connectivity index (χ0) is 9.56. The molecule has 4 nitrogen and oxygen atoms in total. The molecule has 0 aromatic rings. The second kappa shape index (κ2) is 5.49. The van der Waals surface area contributed by atoms with Gasteiger partial charge in [-0.1, -0.05) is 12.7 Å². The van der Waals surface area contributed by atoms with Crippen LogP contribution in [0.4, 0.5) is 0 Å². The van der Waals surface area contributed by atoms with Crippen LogP contribution in [0.15, 0.2) is 12.7 Å². The number of nitrogens with two attached hydrogens (primary N) is 1. The van der Waals surface area contributed by atoms with E-state index in [1.54, 1.807) is 6.92 Å². The van der Waals surface area contributed by atoms with E-state index in [2.05, 4.69) is 11.3 Å². The fourth-order valence-electron chi connectivity index (χ4n) is 0.627. The Kier molecular flexibility index (Phi) is 4.96. The number of hydrogen-bond acceptors (Lipinski definition) is 4. The van der Waals surface area contributed by atoms with E-state index in [9.17, 15) is 4.79 Å². The maximum atomic E-state index is 10.9. The molecular formula is C8H14N2O2. The van der Waals surface area contributed by atoms with Gasteiger partial charge in [0.1, 0.15) is 12.3 Å². The SMILES string of the molecule is C=CCOC(=O)C(=N)C[C@@H](C)N. The van der Waals surface area contributed by atoms with E-state index in [0.717, 1.165) is 0 Å². The first-order valence-corrected chi connectivity index (χ1v) is 3.69. The van der Waals surface area contributed by atoms with Crippen molar-refractivity contribution >= 4 is 11.7 Å². The number of carbonyl (C=O) groups excluding carboxylic acids is 1. The predicted molar refractivity (Wildman–Crippen MR) is 47.1 cm³/mol. The molecule has 4 heteroatoms. The molecule has 0 unspecified atom stereocenters. The molecule has 0 amide bonds. The summed E-state index contributed by atoms with van der Waals surface area (Å²) in [4.78, 5) is 10.9. The van der Waals surface area contributed by atoms with E-state index in [4.69, 9.17) is 11.1 Å². The average molecular weight is 170 g/mol. The normalized spacial score (nSPS) is 11.8. The Balaban J connectivity index is 3.77. The third-order valence-electron chi connectivity index (χ3n) is 1.10. The first kappa shape index (κ1) is 10.8. The molecule has 0 bridgehead atoms. The molecule has 0 aromatic carbocycles. The minimum atomic E-state index is -0.618. The highest BCUT2D eigenvalue weighted by molar-refractivity contribution is 6.35. The standard InChI is InChI=1S/C8H14N2O2/c1-3-4-12-8(11)7(10)5-6(2)9/h3,6,10H,1,4-5,9H2,2H3/t6-/m1/s1. The molecule has 0 aliphatic rings. The number of rotatable bonds is 5. The van der Waals surface area contributed by atoms with Gasteiger partial charge in [-0.3, -0.25) is 5.41 Å². The highest BCUT2D eigenvalue weighted by Gasteiger charge is 2.11. The largest absolute Gasteiger partial charge is 0.457 e. The van der Waals surface area contributed by atoms with Gasteiger partial charge >= 0.3 is 5.97 Å². The van der Waals surface area contributed by atoms with Crippen molar-refractivity contribution in [3.05, 3.63) is 12.7 Å². The maximum Gasteiger partial charge on any atom is 0.352 e. The summed E-state index contributed by atoms with van der Waals surface area (Å²) in [5, 5.41) is 7.21. The second-order valence-electron chi connectivity index (χ2n) is 2.55. The van der Waals surface area contributed by atoms with Crippen LogP contribution in [0.1, 0.15) is 13.3 Å². The van der Waals surface area contributed by atoms with Gasteiger partial charge < -0.3 is 10.5 Å². The minimum absolute atomic E-state index is 0.0909. The summed E-state index contributed by atoms with van der Waals surface area (Å²) in [6.07, 6.45) is 1.70. The molecule has 0 heterocycles. The molecule has 0 spiro atoms. The zero-order valence-corrected chi connectivity index (χ0v) is 7.17. The number of ether oxygens (including phenoxy) is 1. The fourth-order valence-corrected chi connectivity index (χ4v) is 0.627. The average Bonchev–Trinajstić information content (AvgIpc) is 1.98. The lowest BCUT2D eigenvalue weighted by atomic mass is 10.2. The van der Waals surface area contributed by atoms with Gasteiger partial charge in [-0.2, -0.15) is 0 Å². The molecule has 3 N–H and O–H groups in total. The molecule has 0 aliphatic carbocycles. The molecule has 0 aliphatic heterocycles. The minimum Gasteiger partial charge on any atom is -0.457 e. The van der Waals surface area contributed by atoms with Gasteiger partial charge in [0.2, 0.25) is 0 Å². The van der Waals surface area contributed by atoms with Crippen molar-refractivity contribution in [2.75, 3.05) is 6.61 Å². The Labute approximate surface area is 71.9 Å². The monoisotopic (exact) mass is 170 g/mol. The summed E-state index contributed by atoms with van der Waals surface area (Å²) in [6, 6.07) is -0.186. The van der Waals surface area contributed by atoms with Crippen LogP contribution in [0, 0.1) is 5.41 Å². The molecule has 0 saturated carbocycles. The Morgan fingerprint density at radius 3 is 2.83 bits per heavy atom.